The van der Waals surface area contributed by atoms with E-state index in [-0.39, 0.29) is 5.82 Å². The number of nitrogens with zero attached hydrogens (tertiary/aromatic N) is 1. The van der Waals surface area contributed by atoms with Crippen molar-refractivity contribution >= 4 is 11.8 Å². The van der Waals surface area contributed by atoms with Crippen molar-refractivity contribution < 1.29 is 9.13 Å². The van der Waals surface area contributed by atoms with Crippen molar-refractivity contribution in [3.63, 3.8) is 0 Å². The minimum Gasteiger partial charge on any atom is -0.439 e. The molecule has 1 aromatic carbocycles. The maximum absolute atomic E-state index is 12.9. The normalized spacial score (nSPS) is 13.4. The van der Waals surface area contributed by atoms with Crippen LogP contribution in [0.25, 0.3) is 0 Å². The number of hydrogen-bond donors (Lipinski definition) is 0. The molecule has 1 aliphatic heterocycles. The highest BCUT2D eigenvalue weighted by Crippen LogP contribution is 2.35. The Kier molecular flexibility index (Phi) is 2.96. The first-order valence-electron chi connectivity index (χ1n) is 5.78. The molecule has 0 spiro atoms. The van der Waals surface area contributed by atoms with Gasteiger partial charge in [0.25, 0.3) is 0 Å². The van der Waals surface area contributed by atoms with E-state index in [4.69, 9.17) is 4.74 Å². The van der Waals surface area contributed by atoms with Gasteiger partial charge in [0.05, 0.1) is 6.20 Å². The molecule has 2 heterocycles. The lowest BCUT2D eigenvalue weighted by Gasteiger charge is -2.08. The first-order valence-corrected chi connectivity index (χ1v) is 6.77. The van der Waals surface area contributed by atoms with Crippen molar-refractivity contribution in [2.75, 3.05) is 5.75 Å². The highest BCUT2D eigenvalue weighted by atomic mass is 32.2. The molecule has 0 saturated carbocycles. The number of halogens is 1. The van der Waals surface area contributed by atoms with Crippen LogP contribution in [0.4, 0.5) is 4.39 Å². The zero-order valence-corrected chi connectivity index (χ0v) is 10.8. The number of benzene rings is 1. The molecule has 1 aliphatic rings. The van der Waals surface area contributed by atoms with Gasteiger partial charge in [0.1, 0.15) is 11.6 Å². The first kappa shape index (κ1) is 11.5. The van der Waals surface area contributed by atoms with Crippen LogP contribution in [-0.2, 0) is 6.42 Å². The Bertz CT molecular complexity index is 600. The van der Waals surface area contributed by atoms with E-state index in [2.05, 4.69) is 11.1 Å². The van der Waals surface area contributed by atoms with Crippen LogP contribution >= 0.6 is 11.8 Å². The fourth-order valence-corrected chi connectivity index (χ4v) is 3.05. The topological polar surface area (TPSA) is 22.1 Å². The van der Waals surface area contributed by atoms with Crippen LogP contribution in [0.2, 0.25) is 0 Å². The molecule has 0 fully saturated rings. The first-order chi connectivity index (χ1) is 8.72. The summed E-state index contributed by atoms with van der Waals surface area (Å²) in [4.78, 5) is 5.23. The van der Waals surface area contributed by atoms with Crippen LogP contribution in [0.1, 0.15) is 11.1 Å². The Balaban J connectivity index is 1.88. The molecular weight excluding hydrogens is 249 g/mol. The SMILES string of the molecule is Cc1cc(F)cnc1Oc1ccc2c(c1)SCC2. The largest absolute Gasteiger partial charge is 0.439 e. The van der Waals surface area contributed by atoms with E-state index in [0.717, 1.165) is 17.9 Å². The third kappa shape index (κ3) is 2.20. The van der Waals surface area contributed by atoms with Crippen LogP contribution in [0, 0.1) is 12.7 Å². The second kappa shape index (κ2) is 4.61. The zero-order chi connectivity index (χ0) is 12.5. The van der Waals surface area contributed by atoms with E-state index >= 15 is 0 Å². The van der Waals surface area contributed by atoms with Crippen LogP contribution in [0.5, 0.6) is 11.6 Å². The van der Waals surface area contributed by atoms with Crippen molar-refractivity contribution in [3.8, 4) is 11.6 Å². The number of fused-ring (bicyclic) bond motifs is 1. The predicted molar refractivity (Wildman–Crippen MR) is 69.9 cm³/mol. The van der Waals surface area contributed by atoms with Crippen molar-refractivity contribution in [2.45, 2.75) is 18.2 Å². The molecule has 3 rings (SSSR count). The third-order valence-corrected chi connectivity index (χ3v) is 3.98. The van der Waals surface area contributed by atoms with Gasteiger partial charge in [-0.15, -0.1) is 11.8 Å². The molecule has 0 N–H and O–H groups in total. The molecule has 0 saturated heterocycles. The summed E-state index contributed by atoms with van der Waals surface area (Å²) >= 11 is 1.84. The van der Waals surface area contributed by atoms with E-state index in [9.17, 15) is 4.39 Å². The van der Waals surface area contributed by atoms with Crippen LogP contribution in [-0.4, -0.2) is 10.7 Å². The van der Waals surface area contributed by atoms with Crippen molar-refractivity contribution in [3.05, 3.63) is 47.4 Å². The van der Waals surface area contributed by atoms with Crippen molar-refractivity contribution in [1.82, 2.24) is 4.98 Å². The molecular formula is C14H12FNOS. The summed E-state index contributed by atoms with van der Waals surface area (Å²) in [5.41, 5.74) is 2.07. The lowest BCUT2D eigenvalue weighted by Crippen LogP contribution is -1.93. The van der Waals surface area contributed by atoms with Gasteiger partial charge in [-0.2, -0.15) is 0 Å². The van der Waals surface area contributed by atoms with Gasteiger partial charge in [0, 0.05) is 16.2 Å². The monoisotopic (exact) mass is 261 g/mol. The van der Waals surface area contributed by atoms with Gasteiger partial charge >= 0.3 is 0 Å². The van der Waals surface area contributed by atoms with Gasteiger partial charge < -0.3 is 4.74 Å². The molecule has 0 aliphatic carbocycles. The number of pyridine rings is 1. The molecule has 92 valence electrons. The Morgan fingerprint density at radius 2 is 2.22 bits per heavy atom. The third-order valence-electron chi connectivity index (χ3n) is 2.88. The standard InChI is InChI=1S/C14H12FNOS/c1-9-6-11(15)8-16-14(9)17-12-3-2-10-4-5-18-13(10)7-12/h2-3,6-8H,4-5H2,1H3. The highest BCUT2D eigenvalue weighted by Gasteiger charge is 2.13. The summed E-state index contributed by atoms with van der Waals surface area (Å²) in [6, 6.07) is 7.47. The molecule has 18 heavy (non-hydrogen) atoms. The van der Waals surface area contributed by atoms with Gasteiger partial charge in [-0.25, -0.2) is 9.37 Å². The van der Waals surface area contributed by atoms with Crippen LogP contribution in [0.15, 0.2) is 35.4 Å². The molecule has 2 aromatic rings. The fraction of sp³-hybridized carbons (Fsp3) is 0.214. The second-order valence-electron chi connectivity index (χ2n) is 4.25. The van der Waals surface area contributed by atoms with Crippen molar-refractivity contribution in [1.29, 1.82) is 0 Å². The predicted octanol–water partition coefficient (Wildman–Crippen LogP) is 3.97. The Morgan fingerprint density at radius 1 is 1.33 bits per heavy atom. The summed E-state index contributed by atoms with van der Waals surface area (Å²) in [6.07, 6.45) is 2.29. The molecule has 1 aromatic heterocycles. The average molecular weight is 261 g/mol. The molecule has 2 nitrogen and oxygen atoms in total. The van der Waals surface area contributed by atoms with Gasteiger partial charge in [0.15, 0.2) is 0 Å². The number of hydrogen-bond acceptors (Lipinski definition) is 3. The lowest BCUT2D eigenvalue weighted by atomic mass is 10.2. The summed E-state index contributed by atoms with van der Waals surface area (Å²) in [5.74, 6) is 2.00. The van der Waals surface area contributed by atoms with E-state index in [0.29, 0.717) is 11.4 Å². The second-order valence-corrected chi connectivity index (χ2v) is 5.38. The molecule has 0 amide bonds. The maximum atomic E-state index is 12.9. The van der Waals surface area contributed by atoms with Gasteiger partial charge in [0.2, 0.25) is 5.88 Å². The van der Waals surface area contributed by atoms with Crippen molar-refractivity contribution in [2.24, 2.45) is 0 Å². The fourth-order valence-electron chi connectivity index (χ4n) is 1.96. The molecule has 0 unspecified atom stereocenters. The lowest BCUT2D eigenvalue weighted by molar-refractivity contribution is 0.453. The van der Waals surface area contributed by atoms with E-state index in [1.54, 1.807) is 6.92 Å². The Morgan fingerprint density at radius 3 is 3.06 bits per heavy atom. The summed E-state index contributed by atoms with van der Waals surface area (Å²) in [7, 11) is 0. The van der Waals surface area contributed by atoms with Crippen LogP contribution in [0.3, 0.4) is 0 Å². The zero-order valence-electron chi connectivity index (χ0n) is 9.94. The van der Waals surface area contributed by atoms with Crippen LogP contribution < -0.4 is 4.74 Å². The number of aryl methyl sites for hydroxylation is 2. The van der Waals surface area contributed by atoms with E-state index in [1.807, 2.05) is 23.9 Å². The quantitative estimate of drug-likeness (QED) is 0.816. The minimum atomic E-state index is -0.343. The summed E-state index contributed by atoms with van der Waals surface area (Å²) in [5, 5.41) is 0. The maximum Gasteiger partial charge on any atom is 0.222 e. The number of ether oxygens (including phenoxy) is 1. The summed E-state index contributed by atoms with van der Waals surface area (Å²) in [6.45, 7) is 1.79. The average Bonchev–Trinajstić information content (AvgIpc) is 2.80. The Labute approximate surface area is 109 Å². The highest BCUT2D eigenvalue weighted by molar-refractivity contribution is 7.99. The van der Waals surface area contributed by atoms with E-state index in [1.165, 1.54) is 22.7 Å². The number of aromatic nitrogens is 1. The van der Waals surface area contributed by atoms with Gasteiger partial charge in [-0.1, -0.05) is 6.07 Å². The minimum absolute atomic E-state index is 0.343. The summed E-state index contributed by atoms with van der Waals surface area (Å²) < 4.78 is 18.6. The van der Waals surface area contributed by atoms with E-state index < -0.39 is 0 Å². The number of rotatable bonds is 2. The molecule has 4 heteroatoms. The molecule has 0 radical (unpaired) electrons. The molecule has 0 atom stereocenters. The van der Waals surface area contributed by atoms with Gasteiger partial charge in [-0.05, 0) is 37.1 Å². The smallest absolute Gasteiger partial charge is 0.222 e. The Hall–Kier alpha value is -1.55. The number of thioether (sulfide) groups is 1. The molecule has 0 bridgehead atoms. The van der Waals surface area contributed by atoms with Gasteiger partial charge in [-0.3, -0.25) is 0 Å².